The minimum Gasteiger partial charge on any atom is -0.354 e. The SMILES string of the molecule is CCCCN(c1nc(NCC)nc(N(CCCC)C2CC(C)(C)NC(C)(C)C2)n1)C1CC(C)(C)NC(C)(C)C1. The molecule has 8 nitrogen and oxygen atoms in total. The minimum atomic E-state index is 0.0522. The Morgan fingerprint density at radius 3 is 1.31 bits per heavy atom. The molecule has 0 radical (unpaired) electrons. The molecule has 1 aromatic heterocycles. The Morgan fingerprint density at radius 1 is 0.641 bits per heavy atom. The van der Waals surface area contributed by atoms with Crippen LogP contribution in [0.2, 0.25) is 0 Å². The monoisotopic (exact) mass is 544 g/mol. The smallest absolute Gasteiger partial charge is 0.232 e. The highest BCUT2D eigenvalue weighted by atomic mass is 15.4. The Balaban J connectivity index is 2.08. The van der Waals surface area contributed by atoms with E-state index in [9.17, 15) is 0 Å². The van der Waals surface area contributed by atoms with Crippen molar-refractivity contribution >= 4 is 17.8 Å². The maximum atomic E-state index is 5.31. The van der Waals surface area contributed by atoms with Crippen molar-refractivity contribution in [1.82, 2.24) is 25.6 Å². The van der Waals surface area contributed by atoms with Crippen molar-refractivity contribution in [1.29, 1.82) is 0 Å². The van der Waals surface area contributed by atoms with E-state index >= 15 is 0 Å². The Hall–Kier alpha value is -1.67. The molecule has 3 N–H and O–H groups in total. The van der Waals surface area contributed by atoms with Gasteiger partial charge < -0.3 is 25.8 Å². The Bertz CT molecular complexity index is 825. The van der Waals surface area contributed by atoms with Crippen LogP contribution < -0.4 is 25.8 Å². The van der Waals surface area contributed by atoms with Gasteiger partial charge in [0.05, 0.1) is 0 Å². The lowest BCUT2D eigenvalue weighted by Gasteiger charge is -2.50. The van der Waals surface area contributed by atoms with E-state index < -0.39 is 0 Å². The molecule has 0 spiro atoms. The van der Waals surface area contributed by atoms with Crippen LogP contribution in [0.5, 0.6) is 0 Å². The van der Waals surface area contributed by atoms with Crippen LogP contribution >= 0.6 is 0 Å². The largest absolute Gasteiger partial charge is 0.354 e. The molecular weight excluding hydrogens is 484 g/mol. The van der Waals surface area contributed by atoms with E-state index in [0.29, 0.717) is 18.0 Å². The third-order valence-electron chi connectivity index (χ3n) is 8.18. The van der Waals surface area contributed by atoms with Crippen molar-refractivity contribution in [2.24, 2.45) is 0 Å². The highest BCUT2D eigenvalue weighted by Gasteiger charge is 2.42. The standard InChI is InChI=1S/C31H60N8/c1-12-15-17-38(23-19-28(4,5)36-29(6,7)20-23)26-33-25(32-14-3)34-27(35-26)39(18-16-13-2)24-21-30(8,9)37-31(10,11)22-24/h23-24,36-37H,12-22H2,1-11H3,(H,32,33,34,35). The van der Waals surface area contributed by atoms with E-state index in [0.717, 1.165) is 82.9 Å². The second kappa shape index (κ2) is 12.5. The highest BCUT2D eigenvalue weighted by Crippen LogP contribution is 2.36. The average molecular weight is 545 g/mol. The fourth-order valence-corrected chi connectivity index (χ4v) is 7.37. The molecule has 0 bridgehead atoms. The first-order valence-electron chi connectivity index (χ1n) is 15.7. The molecule has 0 saturated carbocycles. The van der Waals surface area contributed by atoms with Gasteiger partial charge in [0.2, 0.25) is 17.8 Å². The molecule has 8 heteroatoms. The molecule has 3 rings (SSSR count). The summed E-state index contributed by atoms with van der Waals surface area (Å²) in [7, 11) is 0. The average Bonchev–Trinajstić information content (AvgIpc) is 2.76. The molecule has 0 unspecified atom stereocenters. The Kier molecular flexibility index (Phi) is 10.2. The molecule has 2 fully saturated rings. The van der Waals surface area contributed by atoms with Crippen molar-refractivity contribution in [3.05, 3.63) is 0 Å². The number of hydrogen-bond donors (Lipinski definition) is 3. The highest BCUT2D eigenvalue weighted by molar-refractivity contribution is 5.47. The van der Waals surface area contributed by atoms with E-state index in [1.54, 1.807) is 0 Å². The molecule has 2 aliphatic heterocycles. The van der Waals surface area contributed by atoms with E-state index in [1.807, 2.05) is 0 Å². The van der Waals surface area contributed by atoms with Gasteiger partial charge in [-0.1, -0.05) is 26.7 Å². The summed E-state index contributed by atoms with van der Waals surface area (Å²) in [6.45, 7) is 28.0. The van der Waals surface area contributed by atoms with E-state index in [2.05, 4.69) is 102 Å². The molecule has 2 aliphatic rings. The molecule has 0 atom stereocenters. The van der Waals surface area contributed by atoms with Crippen LogP contribution in [-0.2, 0) is 0 Å². The van der Waals surface area contributed by atoms with Gasteiger partial charge in [-0.2, -0.15) is 15.0 Å². The van der Waals surface area contributed by atoms with Crippen molar-refractivity contribution < 1.29 is 0 Å². The van der Waals surface area contributed by atoms with E-state index in [-0.39, 0.29) is 22.2 Å². The van der Waals surface area contributed by atoms with Crippen LogP contribution in [0.4, 0.5) is 17.8 Å². The number of piperidine rings is 2. The van der Waals surface area contributed by atoms with Crippen LogP contribution in [0.1, 0.15) is 128 Å². The summed E-state index contributed by atoms with van der Waals surface area (Å²) in [4.78, 5) is 20.4. The molecule has 0 aromatic carbocycles. The van der Waals surface area contributed by atoms with Crippen molar-refractivity contribution in [2.75, 3.05) is 34.8 Å². The fraction of sp³-hybridized carbons (Fsp3) is 0.903. The van der Waals surface area contributed by atoms with Gasteiger partial charge in [0.25, 0.3) is 0 Å². The third kappa shape index (κ3) is 8.91. The van der Waals surface area contributed by atoms with Crippen LogP contribution in [-0.4, -0.2) is 68.8 Å². The van der Waals surface area contributed by atoms with Gasteiger partial charge in [0.15, 0.2) is 0 Å². The van der Waals surface area contributed by atoms with Gasteiger partial charge in [-0.25, -0.2) is 0 Å². The van der Waals surface area contributed by atoms with Gasteiger partial charge in [-0.15, -0.1) is 0 Å². The zero-order chi connectivity index (χ0) is 29.1. The molecule has 1 aromatic rings. The predicted molar refractivity (Wildman–Crippen MR) is 167 cm³/mol. The quantitative estimate of drug-likeness (QED) is 0.290. The number of nitrogens with zero attached hydrogens (tertiary/aromatic N) is 5. The van der Waals surface area contributed by atoms with E-state index in [4.69, 9.17) is 15.0 Å². The van der Waals surface area contributed by atoms with Crippen LogP contribution in [0.15, 0.2) is 0 Å². The zero-order valence-corrected chi connectivity index (χ0v) is 27.2. The van der Waals surface area contributed by atoms with Crippen LogP contribution in [0.3, 0.4) is 0 Å². The van der Waals surface area contributed by atoms with Gasteiger partial charge in [0.1, 0.15) is 0 Å². The third-order valence-corrected chi connectivity index (χ3v) is 8.18. The molecule has 3 heterocycles. The summed E-state index contributed by atoms with van der Waals surface area (Å²) >= 11 is 0. The number of hydrogen-bond acceptors (Lipinski definition) is 8. The number of anilines is 3. The molecule has 39 heavy (non-hydrogen) atoms. The second-order valence-electron chi connectivity index (χ2n) is 14.8. The first kappa shape index (κ1) is 31.9. The summed E-state index contributed by atoms with van der Waals surface area (Å²) in [6, 6.07) is 0.738. The minimum absolute atomic E-state index is 0.0522. The summed E-state index contributed by atoms with van der Waals surface area (Å²) in [5, 5.41) is 11.2. The Morgan fingerprint density at radius 2 is 1.00 bits per heavy atom. The Labute approximate surface area is 239 Å². The normalized spacial score (nSPS) is 22.4. The number of rotatable bonds is 12. The lowest BCUT2D eigenvalue weighted by atomic mass is 9.79. The molecular formula is C31H60N8. The molecule has 224 valence electrons. The van der Waals surface area contributed by atoms with Crippen LogP contribution in [0.25, 0.3) is 0 Å². The molecule has 0 aliphatic carbocycles. The number of aromatic nitrogens is 3. The maximum absolute atomic E-state index is 5.31. The zero-order valence-electron chi connectivity index (χ0n) is 27.2. The molecule has 0 amide bonds. The topological polar surface area (TPSA) is 81.2 Å². The first-order valence-corrected chi connectivity index (χ1v) is 15.7. The van der Waals surface area contributed by atoms with Crippen molar-refractivity contribution in [3.8, 4) is 0 Å². The summed E-state index contributed by atoms with van der Waals surface area (Å²) in [5.41, 5.74) is 0.209. The predicted octanol–water partition coefficient (Wildman–Crippen LogP) is 6.13. The number of nitrogens with one attached hydrogen (secondary N) is 3. The summed E-state index contributed by atoms with van der Waals surface area (Å²) < 4.78 is 0. The lowest BCUT2D eigenvalue weighted by molar-refractivity contribution is 0.157. The van der Waals surface area contributed by atoms with Gasteiger partial charge in [0, 0.05) is 53.9 Å². The van der Waals surface area contributed by atoms with Crippen LogP contribution in [0, 0.1) is 0 Å². The second-order valence-corrected chi connectivity index (χ2v) is 14.8. The first-order chi connectivity index (χ1) is 18.1. The lowest BCUT2D eigenvalue weighted by Crippen LogP contribution is -2.63. The van der Waals surface area contributed by atoms with Gasteiger partial charge in [-0.3, -0.25) is 0 Å². The van der Waals surface area contributed by atoms with E-state index in [1.165, 1.54) is 0 Å². The van der Waals surface area contributed by atoms with Gasteiger partial charge in [-0.05, 0) is 101 Å². The summed E-state index contributed by atoms with van der Waals surface area (Å²) in [5.74, 6) is 2.36. The summed E-state index contributed by atoms with van der Waals surface area (Å²) in [6.07, 6.45) is 8.79. The van der Waals surface area contributed by atoms with Crippen molar-refractivity contribution in [2.45, 2.75) is 162 Å². The fourth-order valence-electron chi connectivity index (χ4n) is 7.37. The maximum Gasteiger partial charge on any atom is 0.232 e. The number of unbranched alkanes of at least 4 members (excludes halogenated alkanes) is 2. The molecule has 2 saturated heterocycles. The van der Waals surface area contributed by atoms with Crippen molar-refractivity contribution in [3.63, 3.8) is 0 Å². The van der Waals surface area contributed by atoms with Gasteiger partial charge >= 0.3 is 0 Å².